The maximum atomic E-state index is 12.5. The Bertz CT molecular complexity index is 501. The van der Waals surface area contributed by atoms with E-state index in [1.54, 1.807) is 11.8 Å². The number of carbonyl (C=O) groups is 1. The largest absolute Gasteiger partial charge is 0.394 e. The molecule has 1 heterocycles. The fourth-order valence-electron chi connectivity index (χ4n) is 2.74. The first kappa shape index (κ1) is 13.0. The highest BCUT2D eigenvalue weighted by atomic mass is 32.2. The summed E-state index contributed by atoms with van der Waals surface area (Å²) in [4.78, 5) is 13.7. The van der Waals surface area contributed by atoms with Gasteiger partial charge in [-0.1, -0.05) is 18.2 Å². The summed E-state index contributed by atoms with van der Waals surface area (Å²) in [5.41, 5.74) is 0.681. The van der Waals surface area contributed by atoms with Crippen molar-refractivity contribution >= 4 is 17.7 Å². The van der Waals surface area contributed by atoms with Crippen molar-refractivity contribution in [2.75, 3.05) is 12.4 Å². The summed E-state index contributed by atoms with van der Waals surface area (Å²) in [5, 5.41) is 12.6. The topological polar surface area (TPSA) is 49.3 Å². The van der Waals surface area contributed by atoms with E-state index < -0.39 is 5.54 Å². The third-order valence-corrected chi connectivity index (χ3v) is 5.41. The molecule has 2 atom stereocenters. The Morgan fingerprint density at radius 3 is 2.89 bits per heavy atom. The van der Waals surface area contributed by atoms with Gasteiger partial charge in [0.2, 0.25) is 5.91 Å². The molecule has 1 aromatic rings. The highest BCUT2D eigenvalue weighted by Crippen LogP contribution is 2.42. The number of hydrogen-bond acceptors (Lipinski definition) is 3. The summed E-state index contributed by atoms with van der Waals surface area (Å²) in [7, 11) is 0. The van der Waals surface area contributed by atoms with Gasteiger partial charge in [-0.2, -0.15) is 0 Å². The zero-order valence-electron chi connectivity index (χ0n) is 11.1. The van der Waals surface area contributed by atoms with E-state index in [1.165, 1.54) is 4.90 Å². The average Bonchev–Trinajstić information content (AvgIpc) is 3.19. The van der Waals surface area contributed by atoms with Gasteiger partial charge in [0.15, 0.2) is 0 Å². The summed E-state index contributed by atoms with van der Waals surface area (Å²) in [6.45, 7) is 1.97. The molecule has 1 fully saturated rings. The van der Waals surface area contributed by atoms with Crippen LogP contribution >= 0.6 is 11.8 Å². The smallest absolute Gasteiger partial charge is 0.228 e. The zero-order valence-corrected chi connectivity index (χ0v) is 11.9. The predicted octanol–water partition coefficient (Wildman–Crippen LogP) is 2.15. The summed E-state index contributed by atoms with van der Waals surface area (Å²) < 4.78 is 0. The fourth-order valence-corrected chi connectivity index (χ4v) is 3.97. The van der Waals surface area contributed by atoms with E-state index in [2.05, 4.69) is 11.4 Å². The minimum Gasteiger partial charge on any atom is -0.394 e. The van der Waals surface area contributed by atoms with Crippen LogP contribution in [0, 0.1) is 5.92 Å². The third-order valence-electron chi connectivity index (χ3n) is 4.23. The van der Waals surface area contributed by atoms with Gasteiger partial charge in [0.05, 0.1) is 18.1 Å². The molecule has 3 rings (SSSR count). The van der Waals surface area contributed by atoms with Crippen molar-refractivity contribution in [3.8, 4) is 0 Å². The standard InChI is InChI=1S/C15H19NO2S/c1-15(9-17,10-6-7-10)16-14(18)12-8-19-13-5-3-2-4-11(12)13/h2-5,10,12,17H,6-9H2,1H3,(H,16,18). The van der Waals surface area contributed by atoms with E-state index >= 15 is 0 Å². The second-order valence-corrected chi connectivity index (χ2v) is 6.80. The van der Waals surface area contributed by atoms with Crippen LogP contribution in [0.1, 0.15) is 31.2 Å². The quantitative estimate of drug-likeness (QED) is 0.886. The predicted molar refractivity (Wildman–Crippen MR) is 76.3 cm³/mol. The summed E-state index contributed by atoms with van der Waals surface area (Å²) in [5.74, 6) is 1.22. The van der Waals surface area contributed by atoms with Gasteiger partial charge < -0.3 is 10.4 Å². The average molecular weight is 277 g/mol. The van der Waals surface area contributed by atoms with Crippen LogP contribution in [0.25, 0.3) is 0 Å². The van der Waals surface area contributed by atoms with Gasteiger partial charge in [-0.25, -0.2) is 0 Å². The monoisotopic (exact) mass is 277 g/mol. The molecule has 0 bridgehead atoms. The van der Waals surface area contributed by atoms with E-state index in [0.717, 1.165) is 24.2 Å². The number of fused-ring (bicyclic) bond motifs is 1. The maximum Gasteiger partial charge on any atom is 0.228 e. The molecule has 2 N–H and O–H groups in total. The van der Waals surface area contributed by atoms with Gasteiger partial charge in [-0.05, 0) is 37.3 Å². The third kappa shape index (κ3) is 2.39. The molecule has 1 aromatic carbocycles. The Balaban J connectivity index is 1.75. The molecule has 2 unspecified atom stereocenters. The van der Waals surface area contributed by atoms with Gasteiger partial charge in [-0.15, -0.1) is 11.8 Å². The van der Waals surface area contributed by atoms with Gasteiger partial charge in [0.25, 0.3) is 0 Å². The van der Waals surface area contributed by atoms with E-state index in [-0.39, 0.29) is 18.4 Å². The molecule has 0 spiro atoms. The molecule has 1 aliphatic carbocycles. The summed E-state index contributed by atoms with van der Waals surface area (Å²) in [6.07, 6.45) is 2.21. The molecule has 2 aliphatic rings. The first-order valence-electron chi connectivity index (χ1n) is 6.78. The van der Waals surface area contributed by atoms with Crippen LogP contribution in [0.5, 0.6) is 0 Å². The molecule has 3 nitrogen and oxygen atoms in total. The minimum atomic E-state index is -0.445. The molecule has 19 heavy (non-hydrogen) atoms. The van der Waals surface area contributed by atoms with Crippen LogP contribution in [-0.2, 0) is 4.79 Å². The van der Waals surface area contributed by atoms with Crippen molar-refractivity contribution in [3.63, 3.8) is 0 Å². The van der Waals surface area contributed by atoms with Crippen molar-refractivity contribution in [1.82, 2.24) is 5.32 Å². The second kappa shape index (κ2) is 4.84. The molecular formula is C15H19NO2S. The van der Waals surface area contributed by atoms with E-state index in [0.29, 0.717) is 5.92 Å². The zero-order chi connectivity index (χ0) is 13.5. The number of nitrogens with one attached hydrogen (secondary N) is 1. The number of benzene rings is 1. The number of hydrogen-bond donors (Lipinski definition) is 2. The van der Waals surface area contributed by atoms with Crippen molar-refractivity contribution in [2.24, 2.45) is 5.92 Å². The molecule has 1 aliphatic heterocycles. The highest BCUT2D eigenvalue weighted by molar-refractivity contribution is 7.99. The number of amides is 1. The number of thioether (sulfide) groups is 1. The lowest BCUT2D eigenvalue weighted by atomic mass is 9.94. The number of rotatable bonds is 4. The van der Waals surface area contributed by atoms with Crippen LogP contribution in [0.15, 0.2) is 29.2 Å². The number of aliphatic hydroxyl groups is 1. The lowest BCUT2D eigenvalue weighted by Gasteiger charge is -2.30. The van der Waals surface area contributed by atoms with Crippen molar-refractivity contribution in [3.05, 3.63) is 29.8 Å². The molecule has 0 saturated heterocycles. The Morgan fingerprint density at radius 2 is 2.21 bits per heavy atom. The van der Waals surface area contributed by atoms with Crippen LogP contribution in [0.4, 0.5) is 0 Å². The normalized spacial score (nSPS) is 24.6. The molecule has 4 heteroatoms. The maximum absolute atomic E-state index is 12.5. The minimum absolute atomic E-state index is 0.0188. The molecular weight excluding hydrogens is 258 g/mol. The number of carbonyl (C=O) groups excluding carboxylic acids is 1. The molecule has 102 valence electrons. The molecule has 0 aromatic heterocycles. The van der Waals surface area contributed by atoms with Crippen LogP contribution in [0.2, 0.25) is 0 Å². The van der Waals surface area contributed by atoms with Gasteiger partial charge in [0.1, 0.15) is 0 Å². The van der Waals surface area contributed by atoms with Crippen LogP contribution in [-0.4, -0.2) is 28.9 Å². The van der Waals surface area contributed by atoms with E-state index in [4.69, 9.17) is 0 Å². The lowest BCUT2D eigenvalue weighted by molar-refractivity contribution is -0.124. The van der Waals surface area contributed by atoms with Gasteiger partial charge in [0, 0.05) is 10.6 Å². The lowest BCUT2D eigenvalue weighted by Crippen LogP contribution is -2.52. The van der Waals surface area contributed by atoms with Crippen molar-refractivity contribution in [1.29, 1.82) is 0 Å². The van der Waals surface area contributed by atoms with Crippen LogP contribution in [0.3, 0.4) is 0 Å². The molecule has 1 saturated carbocycles. The van der Waals surface area contributed by atoms with Crippen molar-refractivity contribution in [2.45, 2.75) is 36.1 Å². The van der Waals surface area contributed by atoms with E-state index in [1.807, 2.05) is 25.1 Å². The van der Waals surface area contributed by atoms with Crippen LogP contribution < -0.4 is 5.32 Å². The Labute approximate surface area is 117 Å². The van der Waals surface area contributed by atoms with Crippen molar-refractivity contribution < 1.29 is 9.90 Å². The Kier molecular flexibility index (Phi) is 3.31. The summed E-state index contributed by atoms with van der Waals surface area (Å²) in [6, 6.07) is 8.09. The molecule has 0 radical (unpaired) electrons. The molecule has 1 amide bonds. The Hall–Kier alpha value is -1.00. The first-order valence-corrected chi connectivity index (χ1v) is 7.77. The first-order chi connectivity index (χ1) is 9.14. The summed E-state index contributed by atoms with van der Waals surface area (Å²) >= 11 is 1.74. The van der Waals surface area contributed by atoms with Gasteiger partial charge >= 0.3 is 0 Å². The highest BCUT2D eigenvalue weighted by Gasteiger charge is 2.43. The SMILES string of the molecule is CC(CO)(NC(=O)C1CSc2ccccc21)C1CC1. The second-order valence-electron chi connectivity index (χ2n) is 5.74. The fraction of sp³-hybridized carbons (Fsp3) is 0.533. The Morgan fingerprint density at radius 1 is 1.47 bits per heavy atom. The number of aliphatic hydroxyl groups excluding tert-OH is 1. The van der Waals surface area contributed by atoms with Gasteiger partial charge in [-0.3, -0.25) is 4.79 Å². The van der Waals surface area contributed by atoms with E-state index in [9.17, 15) is 9.90 Å².